The Bertz CT molecular complexity index is 936. The third-order valence-corrected chi connectivity index (χ3v) is 3.92. The minimum atomic E-state index is -0.219. The lowest BCUT2D eigenvalue weighted by atomic mass is 10.1. The lowest BCUT2D eigenvalue weighted by Gasteiger charge is -2.11. The average molecular weight is 399 g/mol. The molecule has 6 nitrogen and oxygen atoms in total. The Labute approximate surface area is 153 Å². The number of rotatable bonds is 4. The predicted octanol–water partition coefficient (Wildman–Crippen LogP) is 4.38. The fraction of sp³-hybridized carbons (Fsp3) is 0.111. The van der Waals surface area contributed by atoms with E-state index in [-0.39, 0.29) is 5.91 Å². The number of allylic oxidation sites excluding steroid dienone is 1. The van der Waals surface area contributed by atoms with Crippen LogP contribution in [0.3, 0.4) is 0 Å². The molecule has 25 heavy (non-hydrogen) atoms. The van der Waals surface area contributed by atoms with Crippen molar-refractivity contribution in [2.75, 3.05) is 5.32 Å². The molecule has 0 fully saturated rings. The third kappa shape index (κ3) is 3.83. The topological polar surface area (TPSA) is 80.9 Å². The molecule has 1 N–H and O–H groups in total. The molecule has 1 amide bonds. The number of hydrogen-bond donors (Lipinski definition) is 1. The van der Waals surface area contributed by atoms with E-state index in [9.17, 15) is 4.79 Å². The van der Waals surface area contributed by atoms with Gasteiger partial charge in [0.15, 0.2) is 0 Å². The number of hydrogen-bond acceptors (Lipinski definition) is 5. The number of carbonyl (C=O) groups is 1. The molecule has 126 valence electrons. The zero-order valence-corrected chi connectivity index (χ0v) is 15.2. The van der Waals surface area contributed by atoms with Crippen molar-refractivity contribution >= 4 is 27.5 Å². The molecule has 0 saturated carbocycles. The number of nitrogens with one attached hydrogen (secondary N) is 1. The largest absolute Gasteiger partial charge is 0.334 e. The van der Waals surface area contributed by atoms with Crippen LogP contribution in [0, 0.1) is 6.92 Å². The summed E-state index contributed by atoms with van der Waals surface area (Å²) < 4.78 is 6.28. The summed E-state index contributed by atoms with van der Waals surface area (Å²) in [5, 5.41) is 6.89. The number of halogens is 1. The molecular weight excluding hydrogens is 384 g/mol. The van der Waals surface area contributed by atoms with E-state index in [0.717, 1.165) is 15.6 Å². The summed E-state index contributed by atoms with van der Waals surface area (Å²) in [5.74, 6) is 0.566. The lowest BCUT2D eigenvalue weighted by molar-refractivity contribution is -0.111. The standard InChI is InChI=1S/C18H15BrN4O2/c1-3-4-15(24)21-16-11(2)9-13(19)10-14(16)18-22-17(23-25-18)12-5-7-20-8-6-12/h3-10H,1-2H3,(H,21,24). The molecule has 1 aromatic carbocycles. The van der Waals surface area contributed by atoms with Crippen LogP contribution in [0.25, 0.3) is 22.8 Å². The van der Waals surface area contributed by atoms with E-state index in [4.69, 9.17) is 4.52 Å². The van der Waals surface area contributed by atoms with Crippen molar-refractivity contribution in [1.29, 1.82) is 0 Å². The number of anilines is 1. The van der Waals surface area contributed by atoms with Crippen LogP contribution in [0.5, 0.6) is 0 Å². The number of aryl methyl sites for hydroxylation is 1. The second-order valence-electron chi connectivity index (χ2n) is 5.29. The Morgan fingerprint density at radius 2 is 2.04 bits per heavy atom. The molecule has 0 aliphatic carbocycles. The predicted molar refractivity (Wildman–Crippen MR) is 98.8 cm³/mol. The van der Waals surface area contributed by atoms with Gasteiger partial charge in [0.05, 0.1) is 11.3 Å². The molecule has 3 aromatic rings. The maximum Gasteiger partial charge on any atom is 0.260 e. The van der Waals surface area contributed by atoms with Crippen molar-refractivity contribution in [2.24, 2.45) is 0 Å². The number of pyridine rings is 1. The first kappa shape index (κ1) is 17.0. The lowest BCUT2D eigenvalue weighted by Crippen LogP contribution is -2.10. The number of amides is 1. The van der Waals surface area contributed by atoms with Crippen LogP contribution in [-0.4, -0.2) is 21.0 Å². The number of nitrogens with zero attached hydrogens (tertiary/aromatic N) is 3. The van der Waals surface area contributed by atoms with Gasteiger partial charge in [0.2, 0.25) is 11.7 Å². The molecule has 0 aliphatic heterocycles. The molecule has 0 unspecified atom stereocenters. The van der Waals surface area contributed by atoms with E-state index in [1.165, 1.54) is 6.08 Å². The van der Waals surface area contributed by atoms with Gasteiger partial charge in [-0.15, -0.1) is 0 Å². The molecule has 7 heteroatoms. The first-order valence-electron chi connectivity index (χ1n) is 7.57. The monoisotopic (exact) mass is 398 g/mol. The Kier molecular flexibility index (Phi) is 5.04. The SMILES string of the molecule is CC=CC(=O)Nc1c(C)cc(Br)cc1-c1nc(-c2ccncc2)no1. The maximum atomic E-state index is 12.0. The molecule has 2 aromatic heterocycles. The van der Waals surface area contributed by atoms with Crippen LogP contribution in [0.4, 0.5) is 5.69 Å². The summed E-state index contributed by atoms with van der Waals surface area (Å²) in [6.45, 7) is 3.69. The molecule has 0 bridgehead atoms. The van der Waals surface area contributed by atoms with Crippen molar-refractivity contribution < 1.29 is 9.32 Å². The van der Waals surface area contributed by atoms with Gasteiger partial charge in [0.25, 0.3) is 5.89 Å². The first-order chi connectivity index (χ1) is 12.1. The highest BCUT2D eigenvalue weighted by Crippen LogP contribution is 2.34. The van der Waals surface area contributed by atoms with Crippen LogP contribution in [0.15, 0.2) is 57.8 Å². The van der Waals surface area contributed by atoms with Crippen LogP contribution < -0.4 is 5.32 Å². The van der Waals surface area contributed by atoms with E-state index < -0.39 is 0 Å². The van der Waals surface area contributed by atoms with Crippen LogP contribution in [-0.2, 0) is 4.79 Å². The molecule has 0 spiro atoms. The van der Waals surface area contributed by atoms with Crippen molar-refractivity contribution in [2.45, 2.75) is 13.8 Å². The normalized spacial score (nSPS) is 11.0. The molecule has 0 saturated heterocycles. The summed E-state index contributed by atoms with van der Waals surface area (Å²) in [6.07, 6.45) is 6.47. The highest BCUT2D eigenvalue weighted by atomic mass is 79.9. The van der Waals surface area contributed by atoms with Crippen molar-refractivity contribution in [3.05, 3.63) is 58.8 Å². The second-order valence-corrected chi connectivity index (χ2v) is 6.21. The highest BCUT2D eigenvalue weighted by Gasteiger charge is 2.18. The number of benzene rings is 1. The van der Waals surface area contributed by atoms with Crippen molar-refractivity contribution in [1.82, 2.24) is 15.1 Å². The Morgan fingerprint density at radius 3 is 2.76 bits per heavy atom. The van der Waals surface area contributed by atoms with Crippen molar-refractivity contribution in [3.8, 4) is 22.8 Å². The van der Waals surface area contributed by atoms with E-state index in [0.29, 0.717) is 23.0 Å². The molecule has 3 rings (SSSR count). The summed E-state index contributed by atoms with van der Waals surface area (Å²) in [7, 11) is 0. The fourth-order valence-corrected chi connectivity index (χ4v) is 2.92. The fourth-order valence-electron chi connectivity index (χ4n) is 2.35. The first-order valence-corrected chi connectivity index (χ1v) is 8.36. The molecule has 0 radical (unpaired) electrons. The van der Waals surface area contributed by atoms with E-state index in [1.54, 1.807) is 37.5 Å². The number of aromatic nitrogens is 3. The van der Waals surface area contributed by atoms with E-state index in [1.807, 2.05) is 19.1 Å². The zero-order chi connectivity index (χ0) is 17.8. The Hall–Kier alpha value is -2.80. The quantitative estimate of drug-likeness (QED) is 0.659. The highest BCUT2D eigenvalue weighted by molar-refractivity contribution is 9.10. The second kappa shape index (κ2) is 7.40. The van der Waals surface area contributed by atoms with Gasteiger partial charge in [-0.1, -0.05) is 27.2 Å². The summed E-state index contributed by atoms with van der Waals surface area (Å²) in [5.41, 5.74) is 2.97. The summed E-state index contributed by atoms with van der Waals surface area (Å²) >= 11 is 3.47. The Balaban J connectivity index is 2.05. The number of carbonyl (C=O) groups excluding carboxylic acids is 1. The van der Waals surface area contributed by atoms with Crippen LogP contribution >= 0.6 is 15.9 Å². The van der Waals surface area contributed by atoms with Gasteiger partial charge in [-0.05, 0) is 49.8 Å². The minimum Gasteiger partial charge on any atom is -0.334 e. The van der Waals surface area contributed by atoms with Gasteiger partial charge >= 0.3 is 0 Å². The van der Waals surface area contributed by atoms with Gasteiger partial charge < -0.3 is 9.84 Å². The van der Waals surface area contributed by atoms with Gasteiger partial charge in [0.1, 0.15) is 0 Å². The van der Waals surface area contributed by atoms with Gasteiger partial charge in [-0.2, -0.15) is 4.98 Å². The van der Waals surface area contributed by atoms with Crippen molar-refractivity contribution in [3.63, 3.8) is 0 Å². The van der Waals surface area contributed by atoms with Gasteiger partial charge in [-0.25, -0.2) is 0 Å². The third-order valence-electron chi connectivity index (χ3n) is 3.46. The Morgan fingerprint density at radius 1 is 1.28 bits per heavy atom. The smallest absolute Gasteiger partial charge is 0.260 e. The molecule has 2 heterocycles. The van der Waals surface area contributed by atoms with Gasteiger partial charge in [0, 0.05) is 22.4 Å². The van der Waals surface area contributed by atoms with E-state index >= 15 is 0 Å². The molecule has 0 atom stereocenters. The summed E-state index contributed by atoms with van der Waals surface area (Å²) in [6, 6.07) is 7.35. The molecular formula is C18H15BrN4O2. The van der Waals surface area contributed by atoms with Crippen LogP contribution in [0.2, 0.25) is 0 Å². The van der Waals surface area contributed by atoms with Gasteiger partial charge in [-0.3, -0.25) is 9.78 Å². The van der Waals surface area contributed by atoms with Crippen LogP contribution in [0.1, 0.15) is 12.5 Å². The summed E-state index contributed by atoms with van der Waals surface area (Å²) in [4.78, 5) is 20.4. The minimum absolute atomic E-state index is 0.219. The molecule has 0 aliphatic rings. The average Bonchev–Trinajstić information content (AvgIpc) is 3.08. The zero-order valence-electron chi connectivity index (χ0n) is 13.7. The maximum absolute atomic E-state index is 12.0. The van der Waals surface area contributed by atoms with E-state index in [2.05, 4.69) is 36.4 Å².